The van der Waals surface area contributed by atoms with Crippen molar-refractivity contribution in [3.05, 3.63) is 222 Å². The smallest absolute Gasteiger partial charge is 0.0972 e. The third kappa shape index (κ3) is 5.01. The molecule has 2 heteroatoms. The Bertz CT molecular complexity index is 3550. The number of allylic oxidation sites excluding steroid dienone is 6. The van der Waals surface area contributed by atoms with Crippen molar-refractivity contribution in [3.8, 4) is 44.6 Å². The highest BCUT2D eigenvalue weighted by molar-refractivity contribution is 6.18. The van der Waals surface area contributed by atoms with Crippen molar-refractivity contribution in [3.63, 3.8) is 0 Å². The normalized spacial score (nSPS) is 13.8. The summed E-state index contributed by atoms with van der Waals surface area (Å²) in [6.45, 7) is 0. The second-order valence-electron chi connectivity index (χ2n) is 16.4. The molecule has 10 aromatic rings. The Hall–Kier alpha value is -7.68. The lowest BCUT2D eigenvalue weighted by atomic mass is 9.81. The number of aromatic nitrogens is 2. The molecule has 3 aliphatic carbocycles. The molecule has 13 rings (SSSR count). The van der Waals surface area contributed by atoms with Crippen molar-refractivity contribution >= 4 is 60.1 Å². The molecule has 3 aliphatic rings. The molecule has 278 valence electrons. The van der Waals surface area contributed by atoms with Crippen LogP contribution in [-0.2, 0) is 6.42 Å². The van der Waals surface area contributed by atoms with Gasteiger partial charge in [0.1, 0.15) is 0 Å². The molecule has 0 bridgehead atoms. The van der Waals surface area contributed by atoms with E-state index in [0.717, 1.165) is 45.9 Å². The first-order valence-corrected chi connectivity index (χ1v) is 20.9. The first kappa shape index (κ1) is 33.3. The Labute approximate surface area is 348 Å². The summed E-state index contributed by atoms with van der Waals surface area (Å²) in [7, 11) is 0. The predicted molar refractivity (Wildman–Crippen MR) is 252 cm³/mol. The van der Waals surface area contributed by atoms with Crippen LogP contribution in [0.25, 0.3) is 105 Å². The molecule has 0 fully saturated rings. The van der Waals surface area contributed by atoms with Crippen LogP contribution in [-0.4, -0.2) is 9.97 Å². The van der Waals surface area contributed by atoms with E-state index in [1.807, 2.05) is 12.3 Å². The van der Waals surface area contributed by atoms with Gasteiger partial charge < -0.3 is 0 Å². The number of rotatable bonds is 4. The molecule has 0 amide bonds. The van der Waals surface area contributed by atoms with Crippen LogP contribution in [0, 0.1) is 0 Å². The first-order valence-electron chi connectivity index (χ1n) is 20.9. The van der Waals surface area contributed by atoms with Gasteiger partial charge in [-0.25, -0.2) is 4.98 Å². The summed E-state index contributed by atoms with van der Waals surface area (Å²) in [4.78, 5) is 9.85. The molecule has 60 heavy (non-hydrogen) atoms. The lowest BCUT2D eigenvalue weighted by molar-refractivity contribution is 1.20. The third-order valence-corrected chi connectivity index (χ3v) is 13.2. The fraction of sp³-hybridized carbons (Fsp3) is 0.0345. The van der Waals surface area contributed by atoms with Crippen molar-refractivity contribution in [1.29, 1.82) is 0 Å². The third-order valence-electron chi connectivity index (χ3n) is 13.2. The Morgan fingerprint density at radius 3 is 1.85 bits per heavy atom. The lowest BCUT2D eigenvalue weighted by Crippen LogP contribution is -2.02. The zero-order valence-electron chi connectivity index (χ0n) is 32.8. The van der Waals surface area contributed by atoms with Crippen LogP contribution in [0.4, 0.5) is 0 Å². The van der Waals surface area contributed by atoms with Crippen molar-refractivity contribution in [2.75, 3.05) is 0 Å². The SMILES string of the molecule is C1=C(c2ccc(-c3ccc4ccc5cccnc5c4n3)cc2)CC=C(c2ccc3c4c(cccc24)-c2ccccc2-3)C=C1c1ccc2c3c(cccc13)-c1ccccc1C2. The summed E-state index contributed by atoms with van der Waals surface area (Å²) in [5.74, 6) is 0. The van der Waals surface area contributed by atoms with Gasteiger partial charge in [0.15, 0.2) is 0 Å². The lowest BCUT2D eigenvalue weighted by Gasteiger charge is -2.22. The second kappa shape index (κ2) is 12.9. The molecule has 8 aromatic carbocycles. The molecule has 0 N–H and O–H groups in total. The predicted octanol–water partition coefficient (Wildman–Crippen LogP) is 14.9. The highest BCUT2D eigenvalue weighted by Gasteiger charge is 2.24. The molecule has 0 unspecified atom stereocenters. The average Bonchev–Trinajstić information content (AvgIpc) is 3.47. The number of benzene rings is 8. The standard InChI is InChI=1S/C58H36N2/c1-2-10-44-40(8-1)33-42-25-27-46(50-14-5-13-49(44)55(42)50)43-32-39(35-17-19-36(20-18-35)54-30-26-38-22-21-37-9-7-31-59-57(37)58(38)60-54)23-24-41(34-43)45-28-29-53-48-12-4-3-11-47(48)52-16-6-15-51(45)56(52)53/h1-22,24-32,34H,23,33H2. The fourth-order valence-corrected chi connectivity index (χ4v) is 10.3. The molecule has 2 heterocycles. The van der Waals surface area contributed by atoms with E-state index >= 15 is 0 Å². The minimum Gasteiger partial charge on any atom is -0.254 e. The van der Waals surface area contributed by atoms with Crippen LogP contribution in [0.1, 0.15) is 34.2 Å². The van der Waals surface area contributed by atoms with Gasteiger partial charge in [0.05, 0.1) is 16.7 Å². The van der Waals surface area contributed by atoms with Crippen molar-refractivity contribution in [1.82, 2.24) is 9.97 Å². The van der Waals surface area contributed by atoms with Gasteiger partial charge in [0, 0.05) is 22.5 Å². The summed E-state index contributed by atoms with van der Waals surface area (Å²) in [6.07, 6.45) is 10.9. The van der Waals surface area contributed by atoms with E-state index in [9.17, 15) is 0 Å². The Balaban J connectivity index is 0.965. The molecule has 0 aliphatic heterocycles. The largest absolute Gasteiger partial charge is 0.254 e. The van der Waals surface area contributed by atoms with Crippen LogP contribution in [0.2, 0.25) is 0 Å². The molecule has 0 saturated carbocycles. The summed E-state index contributed by atoms with van der Waals surface area (Å²) in [5, 5.41) is 7.53. The number of hydrogen-bond acceptors (Lipinski definition) is 2. The van der Waals surface area contributed by atoms with Crippen LogP contribution in [0.5, 0.6) is 0 Å². The van der Waals surface area contributed by atoms with E-state index in [4.69, 9.17) is 9.97 Å². The Morgan fingerprint density at radius 1 is 0.383 bits per heavy atom. The fourth-order valence-electron chi connectivity index (χ4n) is 10.3. The molecule has 0 saturated heterocycles. The highest BCUT2D eigenvalue weighted by atomic mass is 14.7. The summed E-state index contributed by atoms with van der Waals surface area (Å²) in [5.41, 5.74) is 22.2. The molecule has 0 spiro atoms. The van der Waals surface area contributed by atoms with E-state index in [0.29, 0.717) is 0 Å². The molecular weight excluding hydrogens is 725 g/mol. The van der Waals surface area contributed by atoms with Crippen LogP contribution in [0.15, 0.2) is 194 Å². The zero-order chi connectivity index (χ0) is 39.3. The molecule has 2 nitrogen and oxygen atoms in total. The quantitative estimate of drug-likeness (QED) is 0.167. The van der Waals surface area contributed by atoms with Gasteiger partial charge in [0.25, 0.3) is 0 Å². The van der Waals surface area contributed by atoms with E-state index in [1.165, 1.54) is 99.5 Å². The zero-order valence-corrected chi connectivity index (χ0v) is 32.8. The van der Waals surface area contributed by atoms with Gasteiger partial charge in [0.2, 0.25) is 0 Å². The van der Waals surface area contributed by atoms with Gasteiger partial charge in [-0.05, 0) is 131 Å². The van der Waals surface area contributed by atoms with Crippen LogP contribution in [0.3, 0.4) is 0 Å². The van der Waals surface area contributed by atoms with Crippen LogP contribution < -0.4 is 0 Å². The van der Waals surface area contributed by atoms with Gasteiger partial charge in [-0.3, -0.25) is 4.98 Å². The monoisotopic (exact) mass is 760 g/mol. The van der Waals surface area contributed by atoms with Gasteiger partial charge in [-0.2, -0.15) is 0 Å². The molecule has 0 atom stereocenters. The number of hydrogen-bond donors (Lipinski definition) is 0. The molecule has 2 aromatic heterocycles. The second-order valence-corrected chi connectivity index (χ2v) is 16.4. The maximum absolute atomic E-state index is 5.15. The van der Waals surface area contributed by atoms with Gasteiger partial charge >= 0.3 is 0 Å². The summed E-state index contributed by atoms with van der Waals surface area (Å²) in [6, 6.07) is 62.5. The highest BCUT2D eigenvalue weighted by Crippen LogP contribution is 2.50. The number of pyridine rings is 2. The first-order chi connectivity index (χ1) is 29.7. The van der Waals surface area contributed by atoms with E-state index < -0.39 is 0 Å². The number of fused-ring (bicyclic) bond motifs is 8. The van der Waals surface area contributed by atoms with E-state index in [-0.39, 0.29) is 0 Å². The number of nitrogens with zero attached hydrogens (tertiary/aromatic N) is 2. The molecular formula is C58H36N2. The minimum absolute atomic E-state index is 0.804. The van der Waals surface area contributed by atoms with Crippen molar-refractivity contribution < 1.29 is 0 Å². The minimum atomic E-state index is 0.804. The summed E-state index contributed by atoms with van der Waals surface area (Å²) < 4.78 is 0. The van der Waals surface area contributed by atoms with Crippen molar-refractivity contribution in [2.24, 2.45) is 0 Å². The summed E-state index contributed by atoms with van der Waals surface area (Å²) >= 11 is 0. The average molecular weight is 761 g/mol. The van der Waals surface area contributed by atoms with E-state index in [1.54, 1.807) is 0 Å². The maximum Gasteiger partial charge on any atom is 0.0972 e. The Morgan fingerprint density at radius 2 is 1.02 bits per heavy atom. The van der Waals surface area contributed by atoms with Crippen LogP contribution >= 0.6 is 0 Å². The van der Waals surface area contributed by atoms with Gasteiger partial charge in [-0.15, -0.1) is 0 Å². The molecule has 0 radical (unpaired) electrons. The topological polar surface area (TPSA) is 25.8 Å². The maximum atomic E-state index is 5.15. The van der Waals surface area contributed by atoms with Gasteiger partial charge in [-0.1, -0.05) is 170 Å². The van der Waals surface area contributed by atoms with E-state index in [2.05, 4.69) is 182 Å². The Kier molecular flexibility index (Phi) is 7.17. The van der Waals surface area contributed by atoms with Crippen molar-refractivity contribution in [2.45, 2.75) is 12.8 Å².